The van der Waals surface area contributed by atoms with Gasteiger partial charge in [-0.25, -0.2) is 14.8 Å². The third-order valence-electron chi connectivity index (χ3n) is 3.55. The Labute approximate surface area is 154 Å². The number of hydrogen-bond acceptors (Lipinski definition) is 6. The van der Waals surface area contributed by atoms with Crippen LogP contribution in [0.3, 0.4) is 0 Å². The fourth-order valence-electron chi connectivity index (χ4n) is 2.30. The lowest BCUT2D eigenvalue weighted by atomic mass is 10.1. The maximum Gasteiger partial charge on any atom is 0.367 e. The molecule has 3 aromatic rings. The van der Waals surface area contributed by atoms with Gasteiger partial charge in [-0.1, -0.05) is 28.1 Å². The number of pyridine rings is 2. The Morgan fingerprint density at radius 2 is 1.92 bits per heavy atom. The van der Waals surface area contributed by atoms with Gasteiger partial charge in [-0.05, 0) is 24.3 Å². The monoisotopic (exact) mass is 419 g/mol. The summed E-state index contributed by atoms with van der Waals surface area (Å²) in [4.78, 5) is 34.0. The lowest BCUT2D eigenvalue weighted by Crippen LogP contribution is -2.30. The number of nitrogens with zero attached hydrogens (tertiary/aromatic N) is 2. The zero-order chi connectivity index (χ0) is 18.7. The molecule has 0 aliphatic rings. The van der Waals surface area contributed by atoms with Crippen LogP contribution in [0.1, 0.15) is 10.5 Å². The number of rotatable bonds is 4. The molecule has 1 amide bonds. The second kappa shape index (κ2) is 7.44. The first-order chi connectivity index (χ1) is 12.5. The summed E-state index contributed by atoms with van der Waals surface area (Å²) in [5, 5.41) is 12.7. The van der Waals surface area contributed by atoms with Gasteiger partial charge in [0.15, 0.2) is 11.4 Å². The highest BCUT2D eigenvalue weighted by molar-refractivity contribution is 9.10. The zero-order valence-corrected chi connectivity index (χ0v) is 14.7. The first-order valence-corrected chi connectivity index (χ1v) is 8.13. The highest BCUT2D eigenvalue weighted by Gasteiger charge is 2.18. The number of carbonyl (C=O) groups is 2. The summed E-state index contributed by atoms with van der Waals surface area (Å²) in [5.74, 6) is -2.49. The van der Waals surface area contributed by atoms with Crippen LogP contribution in [0.15, 0.2) is 47.1 Å². The van der Waals surface area contributed by atoms with Crippen molar-refractivity contribution in [3.63, 3.8) is 0 Å². The average molecular weight is 420 g/mol. The maximum atomic E-state index is 12.0. The number of fused-ring (bicyclic) bond motifs is 1. The number of aromatic hydroxyl groups is 1. The van der Waals surface area contributed by atoms with Crippen molar-refractivity contribution in [1.29, 1.82) is 0 Å². The Hall–Kier alpha value is -3.07. The second-order valence-electron chi connectivity index (χ2n) is 5.22. The summed E-state index contributed by atoms with van der Waals surface area (Å²) in [6.07, 6.45) is 1.33. The van der Waals surface area contributed by atoms with Gasteiger partial charge in [-0.2, -0.15) is 0 Å². The van der Waals surface area contributed by atoms with E-state index in [1.165, 1.54) is 6.20 Å². The summed E-state index contributed by atoms with van der Waals surface area (Å²) in [6, 6.07) is 10.9. The SMILES string of the molecule is O=C(CNC(=O)c1ncc2nc(-c3ccc(Br)cc3)ccc2c1O)OF. The molecular formula is C17H11BrFN3O4. The number of benzene rings is 1. The number of hydrogen-bond donors (Lipinski definition) is 2. The molecule has 1 aromatic carbocycles. The van der Waals surface area contributed by atoms with E-state index in [-0.39, 0.29) is 11.4 Å². The van der Waals surface area contributed by atoms with Gasteiger partial charge < -0.3 is 10.4 Å². The van der Waals surface area contributed by atoms with Crippen LogP contribution in [0.2, 0.25) is 0 Å². The van der Waals surface area contributed by atoms with Gasteiger partial charge in [0.05, 0.1) is 17.4 Å². The molecule has 0 spiro atoms. The molecule has 3 rings (SSSR count). The van der Waals surface area contributed by atoms with E-state index >= 15 is 0 Å². The molecule has 26 heavy (non-hydrogen) atoms. The van der Waals surface area contributed by atoms with E-state index in [2.05, 4.69) is 36.2 Å². The highest BCUT2D eigenvalue weighted by Crippen LogP contribution is 2.29. The van der Waals surface area contributed by atoms with Crippen molar-refractivity contribution in [2.75, 3.05) is 6.54 Å². The number of nitrogens with one attached hydrogen (secondary N) is 1. The first-order valence-electron chi connectivity index (χ1n) is 7.34. The van der Waals surface area contributed by atoms with Crippen molar-refractivity contribution in [2.24, 2.45) is 0 Å². The summed E-state index contributed by atoms with van der Waals surface area (Å²) < 4.78 is 12.6. The van der Waals surface area contributed by atoms with E-state index in [0.717, 1.165) is 10.0 Å². The molecule has 0 unspecified atom stereocenters. The Bertz CT molecular complexity index is 995. The van der Waals surface area contributed by atoms with Gasteiger partial charge in [0, 0.05) is 19.9 Å². The topological polar surface area (TPSA) is 101 Å². The molecule has 0 fully saturated rings. The third-order valence-corrected chi connectivity index (χ3v) is 4.08. The van der Waals surface area contributed by atoms with Gasteiger partial charge in [-0.3, -0.25) is 9.74 Å². The molecule has 2 N–H and O–H groups in total. The van der Waals surface area contributed by atoms with E-state index in [0.29, 0.717) is 16.6 Å². The van der Waals surface area contributed by atoms with Gasteiger partial charge in [0.2, 0.25) is 0 Å². The minimum atomic E-state index is -1.26. The van der Waals surface area contributed by atoms with E-state index in [1.807, 2.05) is 24.3 Å². The van der Waals surface area contributed by atoms with Gasteiger partial charge in [-0.15, -0.1) is 0 Å². The molecule has 0 aliphatic heterocycles. The Morgan fingerprint density at radius 1 is 1.19 bits per heavy atom. The van der Waals surface area contributed by atoms with Crippen molar-refractivity contribution in [3.8, 4) is 17.0 Å². The minimum Gasteiger partial charge on any atom is -0.505 e. The Morgan fingerprint density at radius 3 is 2.62 bits per heavy atom. The van der Waals surface area contributed by atoms with Crippen molar-refractivity contribution < 1.29 is 24.2 Å². The highest BCUT2D eigenvalue weighted by atomic mass is 79.9. The summed E-state index contributed by atoms with van der Waals surface area (Å²) in [7, 11) is 0. The van der Waals surface area contributed by atoms with Crippen LogP contribution in [0.5, 0.6) is 5.75 Å². The van der Waals surface area contributed by atoms with Crippen LogP contribution in [0.4, 0.5) is 4.53 Å². The van der Waals surface area contributed by atoms with Crippen LogP contribution in [-0.2, 0) is 9.74 Å². The smallest absolute Gasteiger partial charge is 0.367 e. The van der Waals surface area contributed by atoms with E-state index in [9.17, 15) is 19.2 Å². The van der Waals surface area contributed by atoms with Gasteiger partial charge >= 0.3 is 5.97 Å². The second-order valence-corrected chi connectivity index (χ2v) is 6.14. The molecule has 0 bridgehead atoms. The standard InChI is InChI=1S/C17H11BrFN3O4/c18-10-3-1-9(2-4-10)12-6-5-11-13(22-12)7-20-15(16(11)24)17(25)21-8-14(23)26-19/h1-7,24H,8H2,(H,21,25). The average Bonchev–Trinajstić information content (AvgIpc) is 2.66. The molecule has 0 radical (unpaired) electrons. The normalized spacial score (nSPS) is 10.5. The number of halogens is 2. The largest absolute Gasteiger partial charge is 0.505 e. The molecular weight excluding hydrogens is 409 g/mol. The van der Waals surface area contributed by atoms with Crippen molar-refractivity contribution >= 4 is 38.7 Å². The van der Waals surface area contributed by atoms with Crippen molar-refractivity contribution in [3.05, 3.63) is 52.8 Å². The molecule has 132 valence electrons. The van der Waals surface area contributed by atoms with Crippen LogP contribution in [0, 0.1) is 0 Å². The molecule has 0 atom stereocenters. The minimum absolute atomic E-state index is 0.303. The molecule has 9 heteroatoms. The quantitative estimate of drug-likeness (QED) is 0.673. The van der Waals surface area contributed by atoms with E-state index in [4.69, 9.17) is 0 Å². The van der Waals surface area contributed by atoms with Crippen LogP contribution >= 0.6 is 15.9 Å². The van der Waals surface area contributed by atoms with E-state index in [1.54, 1.807) is 12.1 Å². The zero-order valence-electron chi connectivity index (χ0n) is 13.1. The molecule has 0 saturated heterocycles. The summed E-state index contributed by atoms with van der Waals surface area (Å²) in [5.41, 5.74) is 1.64. The van der Waals surface area contributed by atoms with Crippen molar-refractivity contribution in [2.45, 2.75) is 0 Å². The van der Waals surface area contributed by atoms with Gasteiger partial charge in [0.1, 0.15) is 6.54 Å². The molecule has 7 nitrogen and oxygen atoms in total. The summed E-state index contributed by atoms with van der Waals surface area (Å²) >= 11 is 3.36. The lowest BCUT2D eigenvalue weighted by Gasteiger charge is -2.08. The Balaban J connectivity index is 1.92. The van der Waals surface area contributed by atoms with Gasteiger partial charge in [0.25, 0.3) is 5.91 Å². The first kappa shape index (κ1) is 17.7. The fraction of sp³-hybridized carbons (Fsp3) is 0.0588. The van der Waals surface area contributed by atoms with Crippen LogP contribution in [0.25, 0.3) is 22.2 Å². The Kier molecular flexibility index (Phi) is 5.08. The number of carbonyl (C=O) groups excluding carboxylic acids is 2. The number of amides is 1. The molecule has 0 aliphatic carbocycles. The predicted molar refractivity (Wildman–Crippen MR) is 93.9 cm³/mol. The fourth-order valence-corrected chi connectivity index (χ4v) is 2.56. The summed E-state index contributed by atoms with van der Waals surface area (Å²) in [6.45, 7) is -0.685. The van der Waals surface area contributed by atoms with Crippen LogP contribution in [-0.4, -0.2) is 33.5 Å². The molecule has 0 saturated carbocycles. The van der Waals surface area contributed by atoms with E-state index < -0.39 is 18.4 Å². The molecule has 2 heterocycles. The number of aromatic nitrogens is 2. The third kappa shape index (κ3) is 3.62. The predicted octanol–water partition coefficient (Wildman–Crippen LogP) is 2.92. The van der Waals surface area contributed by atoms with Crippen molar-refractivity contribution in [1.82, 2.24) is 15.3 Å². The maximum absolute atomic E-state index is 12.0. The van der Waals surface area contributed by atoms with Crippen LogP contribution < -0.4 is 5.32 Å². The molecule has 2 aromatic heterocycles. The lowest BCUT2D eigenvalue weighted by molar-refractivity contribution is -0.182.